The molecule has 0 spiro atoms. The Kier molecular flexibility index (Phi) is 8.05. The van der Waals surface area contributed by atoms with Gasteiger partial charge in [0.25, 0.3) is 0 Å². The topological polar surface area (TPSA) is 50.4 Å². The molecule has 0 atom stereocenters. The van der Waals surface area contributed by atoms with Crippen LogP contribution < -0.4 is 10.6 Å². The number of alkyl halides is 3. The zero-order valence-electron chi connectivity index (χ0n) is 11.9. The van der Waals surface area contributed by atoms with E-state index < -0.39 is 12.8 Å². The van der Waals surface area contributed by atoms with Crippen molar-refractivity contribution in [3.05, 3.63) is 34.9 Å². The number of hydrogen-bond donors (Lipinski definition) is 2. The van der Waals surface area contributed by atoms with Gasteiger partial charge < -0.3 is 15.4 Å². The normalized spacial score (nSPS) is 11.3. The second-order valence-corrected chi connectivity index (χ2v) is 5.02. The van der Waals surface area contributed by atoms with E-state index in [1.807, 2.05) is 18.2 Å². The van der Waals surface area contributed by atoms with E-state index in [-0.39, 0.29) is 19.2 Å². The van der Waals surface area contributed by atoms with E-state index in [1.165, 1.54) is 0 Å². The maximum absolute atomic E-state index is 11.8. The average Bonchev–Trinajstić information content (AvgIpc) is 2.41. The summed E-state index contributed by atoms with van der Waals surface area (Å²) in [6.45, 7) is -0.626. The zero-order valence-corrected chi connectivity index (χ0v) is 12.6. The Labute approximate surface area is 132 Å². The second kappa shape index (κ2) is 9.53. The van der Waals surface area contributed by atoms with Gasteiger partial charge in [-0.05, 0) is 30.5 Å². The number of rotatable bonds is 8. The molecule has 0 heterocycles. The maximum Gasteiger partial charge on any atom is 0.411 e. The van der Waals surface area contributed by atoms with Crippen LogP contribution in [0.15, 0.2) is 24.3 Å². The van der Waals surface area contributed by atoms with Gasteiger partial charge in [0.1, 0.15) is 6.61 Å². The third-order valence-corrected chi connectivity index (χ3v) is 2.84. The smallest absolute Gasteiger partial charge is 0.372 e. The number of carbonyl (C=O) groups is 1. The van der Waals surface area contributed by atoms with Crippen LogP contribution in [0.5, 0.6) is 0 Å². The third kappa shape index (κ3) is 9.46. The molecule has 0 aromatic heterocycles. The second-order valence-electron chi connectivity index (χ2n) is 4.58. The van der Waals surface area contributed by atoms with Gasteiger partial charge in [-0.3, -0.25) is 0 Å². The van der Waals surface area contributed by atoms with Crippen molar-refractivity contribution in [2.24, 2.45) is 0 Å². The Morgan fingerprint density at radius 2 is 1.95 bits per heavy atom. The van der Waals surface area contributed by atoms with Crippen LogP contribution in [-0.4, -0.2) is 38.5 Å². The Bertz CT molecular complexity index is 470. The van der Waals surface area contributed by atoms with Crippen molar-refractivity contribution in [1.29, 1.82) is 0 Å². The highest BCUT2D eigenvalue weighted by atomic mass is 35.5. The van der Waals surface area contributed by atoms with E-state index >= 15 is 0 Å². The summed E-state index contributed by atoms with van der Waals surface area (Å²) < 4.78 is 39.8. The number of hydrogen-bond acceptors (Lipinski definition) is 2. The standard InChI is InChI=1S/C14H18ClF3N2O2/c15-12-4-1-3-11(9-12)5-7-20-13(21)19-6-2-8-22-10-14(16,17)18/h1,3-4,9H,2,5-8,10H2,(H2,19,20,21). The molecule has 1 aromatic rings. The van der Waals surface area contributed by atoms with Crippen molar-refractivity contribution < 1.29 is 22.7 Å². The quantitative estimate of drug-likeness (QED) is 0.715. The lowest BCUT2D eigenvalue weighted by Crippen LogP contribution is -2.37. The van der Waals surface area contributed by atoms with Gasteiger partial charge in [0.15, 0.2) is 0 Å². The zero-order chi connectivity index (χ0) is 16.4. The van der Waals surface area contributed by atoms with Gasteiger partial charge in [-0.2, -0.15) is 13.2 Å². The van der Waals surface area contributed by atoms with Gasteiger partial charge in [-0.25, -0.2) is 4.79 Å². The van der Waals surface area contributed by atoms with E-state index in [9.17, 15) is 18.0 Å². The molecule has 0 fully saturated rings. The molecule has 0 saturated heterocycles. The first kappa shape index (κ1) is 18.6. The predicted molar refractivity (Wildman–Crippen MR) is 78.0 cm³/mol. The van der Waals surface area contributed by atoms with Gasteiger partial charge in [-0.1, -0.05) is 23.7 Å². The molecule has 4 nitrogen and oxygen atoms in total. The summed E-state index contributed by atoms with van der Waals surface area (Å²) in [5, 5.41) is 5.83. The molecule has 0 unspecified atom stereocenters. The van der Waals surface area contributed by atoms with Crippen LogP contribution in [0.4, 0.5) is 18.0 Å². The van der Waals surface area contributed by atoms with Crippen LogP contribution in [-0.2, 0) is 11.2 Å². The van der Waals surface area contributed by atoms with Crippen molar-refractivity contribution in [1.82, 2.24) is 10.6 Å². The Morgan fingerprint density at radius 1 is 1.23 bits per heavy atom. The third-order valence-electron chi connectivity index (χ3n) is 2.60. The Hall–Kier alpha value is -1.47. The molecule has 1 rings (SSSR count). The summed E-state index contributed by atoms with van der Waals surface area (Å²) in [4.78, 5) is 11.4. The number of amides is 2. The van der Waals surface area contributed by atoms with Crippen LogP contribution in [0.25, 0.3) is 0 Å². The first-order valence-corrected chi connectivity index (χ1v) is 7.15. The fourth-order valence-electron chi connectivity index (χ4n) is 1.64. The summed E-state index contributed by atoms with van der Waals surface area (Å²) in [5.41, 5.74) is 1.01. The lowest BCUT2D eigenvalue weighted by Gasteiger charge is -2.09. The van der Waals surface area contributed by atoms with E-state index in [1.54, 1.807) is 6.07 Å². The summed E-state index contributed by atoms with van der Waals surface area (Å²) in [7, 11) is 0. The van der Waals surface area contributed by atoms with Crippen molar-refractivity contribution in [2.75, 3.05) is 26.3 Å². The van der Waals surface area contributed by atoms with Gasteiger partial charge in [0.2, 0.25) is 0 Å². The first-order valence-electron chi connectivity index (χ1n) is 6.77. The van der Waals surface area contributed by atoms with Crippen LogP contribution in [0.1, 0.15) is 12.0 Å². The molecular formula is C14H18ClF3N2O2. The van der Waals surface area contributed by atoms with Gasteiger partial charge in [-0.15, -0.1) is 0 Å². The molecule has 124 valence electrons. The number of ether oxygens (including phenoxy) is 1. The van der Waals surface area contributed by atoms with Gasteiger partial charge >= 0.3 is 12.2 Å². The average molecular weight is 339 g/mol. The Balaban J connectivity index is 2.02. The van der Waals surface area contributed by atoms with Crippen LogP contribution >= 0.6 is 11.6 Å². The lowest BCUT2D eigenvalue weighted by atomic mass is 10.1. The van der Waals surface area contributed by atoms with Crippen LogP contribution in [0.3, 0.4) is 0 Å². The number of carbonyl (C=O) groups excluding carboxylic acids is 1. The SMILES string of the molecule is O=C(NCCCOCC(F)(F)F)NCCc1cccc(Cl)c1. The number of nitrogens with one attached hydrogen (secondary N) is 2. The number of benzene rings is 1. The summed E-state index contributed by atoms with van der Waals surface area (Å²) in [5.74, 6) is 0. The molecule has 0 radical (unpaired) electrons. The summed E-state index contributed by atoms with van der Waals surface area (Å²) >= 11 is 5.84. The number of halogens is 4. The van der Waals surface area contributed by atoms with Crippen LogP contribution in [0.2, 0.25) is 5.02 Å². The van der Waals surface area contributed by atoms with E-state index in [0.29, 0.717) is 24.4 Å². The Morgan fingerprint density at radius 3 is 2.64 bits per heavy atom. The highest BCUT2D eigenvalue weighted by Crippen LogP contribution is 2.14. The molecule has 0 aliphatic heterocycles. The molecule has 0 aliphatic rings. The fraction of sp³-hybridized carbons (Fsp3) is 0.500. The monoisotopic (exact) mass is 338 g/mol. The maximum atomic E-state index is 11.8. The van der Waals surface area contributed by atoms with Crippen molar-refractivity contribution >= 4 is 17.6 Å². The van der Waals surface area contributed by atoms with Crippen molar-refractivity contribution in [3.8, 4) is 0 Å². The molecule has 8 heteroatoms. The van der Waals surface area contributed by atoms with Crippen LogP contribution in [0, 0.1) is 0 Å². The molecule has 2 N–H and O–H groups in total. The van der Waals surface area contributed by atoms with Gasteiger partial charge in [0, 0.05) is 24.7 Å². The summed E-state index contributed by atoms with van der Waals surface area (Å²) in [6, 6.07) is 6.96. The van der Waals surface area contributed by atoms with Crippen molar-refractivity contribution in [2.45, 2.75) is 19.0 Å². The molecule has 0 aliphatic carbocycles. The van der Waals surface area contributed by atoms with Gasteiger partial charge in [0.05, 0.1) is 0 Å². The molecular weight excluding hydrogens is 321 g/mol. The lowest BCUT2D eigenvalue weighted by molar-refractivity contribution is -0.173. The van der Waals surface area contributed by atoms with Crippen molar-refractivity contribution in [3.63, 3.8) is 0 Å². The minimum atomic E-state index is -4.31. The van der Waals surface area contributed by atoms with E-state index in [4.69, 9.17) is 11.6 Å². The highest BCUT2D eigenvalue weighted by molar-refractivity contribution is 6.30. The first-order chi connectivity index (χ1) is 10.4. The molecule has 1 aromatic carbocycles. The largest absolute Gasteiger partial charge is 0.411 e. The minimum absolute atomic E-state index is 0.0533. The van der Waals surface area contributed by atoms with E-state index in [2.05, 4.69) is 15.4 Å². The summed E-state index contributed by atoms with van der Waals surface area (Å²) in [6.07, 6.45) is -3.36. The minimum Gasteiger partial charge on any atom is -0.372 e. The molecule has 2 amide bonds. The molecule has 22 heavy (non-hydrogen) atoms. The number of urea groups is 1. The predicted octanol–water partition coefficient (Wildman–Crippen LogP) is 3.15. The highest BCUT2D eigenvalue weighted by Gasteiger charge is 2.27. The molecule has 0 bridgehead atoms. The van der Waals surface area contributed by atoms with E-state index in [0.717, 1.165) is 5.56 Å². The molecule has 0 saturated carbocycles. The fourth-order valence-corrected chi connectivity index (χ4v) is 1.85.